The molecule has 8 unspecified atom stereocenters. The van der Waals surface area contributed by atoms with E-state index in [1.807, 2.05) is 52.8 Å². The first-order valence-corrected chi connectivity index (χ1v) is 17.4. The maximum atomic E-state index is 13.1. The molecule has 2 aliphatic rings. The summed E-state index contributed by atoms with van der Waals surface area (Å²) in [5, 5.41) is 11.0. The molecule has 9 nitrogen and oxygen atoms in total. The molecule has 0 aliphatic carbocycles. The third-order valence-corrected chi connectivity index (χ3v) is 10.1. The third kappa shape index (κ3) is 11.6. The van der Waals surface area contributed by atoms with Crippen LogP contribution >= 0.6 is 0 Å². The number of nitro benzene ring substituents is 1. The van der Waals surface area contributed by atoms with E-state index < -0.39 is 28.7 Å². The summed E-state index contributed by atoms with van der Waals surface area (Å²) in [5.41, 5.74) is 0.286. The van der Waals surface area contributed by atoms with Gasteiger partial charge in [0.25, 0.3) is 5.69 Å². The van der Waals surface area contributed by atoms with Gasteiger partial charge in [0.2, 0.25) is 0 Å². The van der Waals surface area contributed by atoms with Gasteiger partial charge in [0, 0.05) is 29.9 Å². The maximum absolute atomic E-state index is 13.1. The number of nitro groups is 1. The fourth-order valence-corrected chi connectivity index (χ4v) is 6.27. The molecular weight excluding hydrogens is 610 g/mol. The summed E-state index contributed by atoms with van der Waals surface area (Å²) < 4.78 is 23.4. The Labute approximate surface area is 287 Å². The highest BCUT2D eigenvalue weighted by Crippen LogP contribution is 2.42. The Balaban J connectivity index is 1.75. The molecule has 9 heteroatoms. The van der Waals surface area contributed by atoms with E-state index in [9.17, 15) is 19.7 Å². The zero-order valence-electron chi connectivity index (χ0n) is 30.6. The van der Waals surface area contributed by atoms with Gasteiger partial charge in [-0.05, 0) is 73.1 Å². The molecule has 0 saturated carbocycles. The third-order valence-electron chi connectivity index (χ3n) is 10.1. The van der Waals surface area contributed by atoms with Gasteiger partial charge in [0.1, 0.15) is 18.0 Å². The molecule has 1 fully saturated rings. The van der Waals surface area contributed by atoms with Crippen LogP contribution in [0.25, 0.3) is 0 Å². The summed E-state index contributed by atoms with van der Waals surface area (Å²) in [6.07, 6.45) is 12.5. The van der Waals surface area contributed by atoms with Gasteiger partial charge >= 0.3 is 12.1 Å². The zero-order chi connectivity index (χ0) is 35.8. The number of carbonyl (C=O) groups excluding carboxylic acids is 2. The summed E-state index contributed by atoms with van der Waals surface area (Å²) in [4.78, 5) is 36.4. The van der Waals surface area contributed by atoms with E-state index in [1.165, 1.54) is 24.3 Å². The Bertz CT molecular complexity index is 1340. The van der Waals surface area contributed by atoms with Crippen molar-refractivity contribution in [3.05, 3.63) is 70.3 Å². The first-order chi connectivity index (χ1) is 22.4. The molecule has 0 amide bonds. The van der Waals surface area contributed by atoms with Crippen LogP contribution < -0.4 is 4.74 Å². The van der Waals surface area contributed by atoms with Crippen molar-refractivity contribution < 1.29 is 33.5 Å². The second kappa shape index (κ2) is 16.8. The Kier molecular flexibility index (Phi) is 13.6. The van der Waals surface area contributed by atoms with Gasteiger partial charge in [-0.3, -0.25) is 14.9 Å². The van der Waals surface area contributed by atoms with Gasteiger partial charge in [-0.25, -0.2) is 4.79 Å². The number of hydrogen-bond donors (Lipinski definition) is 0. The highest BCUT2D eigenvalue weighted by atomic mass is 16.7. The molecule has 2 aliphatic heterocycles. The van der Waals surface area contributed by atoms with Crippen LogP contribution in [0.2, 0.25) is 0 Å². The molecule has 0 N–H and O–H groups in total. The minimum Gasteiger partial charge on any atom is -0.457 e. The maximum Gasteiger partial charge on any atom is 0.514 e. The molecule has 0 spiro atoms. The van der Waals surface area contributed by atoms with Crippen LogP contribution in [0.4, 0.5) is 10.5 Å². The number of nitrogens with zero attached hydrogens (tertiary/aromatic N) is 1. The van der Waals surface area contributed by atoms with Crippen molar-refractivity contribution >= 4 is 17.8 Å². The zero-order valence-corrected chi connectivity index (χ0v) is 30.6. The van der Waals surface area contributed by atoms with E-state index in [0.29, 0.717) is 30.8 Å². The van der Waals surface area contributed by atoms with E-state index in [-0.39, 0.29) is 40.8 Å². The number of esters is 1. The van der Waals surface area contributed by atoms with Crippen molar-refractivity contribution in [1.29, 1.82) is 0 Å². The first kappa shape index (κ1) is 39.0. The SMILES string of the molecule is CCC(C)C(C)C1OC1CC(C)(C)/C=C/C=C(\C)C1OC(=O)CC(C)CCC(C)(C)C(OC(=O)Oc2ccc([N+](=O)[O-])cc2)/C=C/C1C. The lowest BCUT2D eigenvalue weighted by molar-refractivity contribution is -0.384. The topological polar surface area (TPSA) is 118 Å². The number of allylic oxidation sites excluding steroid dienone is 3. The molecule has 1 aromatic carbocycles. The predicted molar refractivity (Wildman–Crippen MR) is 188 cm³/mol. The standard InChI is InChI=1S/C39H57NO8/c1-11-26(3)29(6)36-32(46-36)24-38(7,8)21-12-13-27(4)35-28(5)14-19-33(39(9,10)22-20-25(2)23-34(41)48-35)47-37(42)45-31-17-15-30(16-18-31)40(43)44/h12-19,21,25-26,28-29,32-33,35-36H,11,20,22-24H2,1-10H3/b19-14+,21-12+,27-13+. The fourth-order valence-electron chi connectivity index (χ4n) is 6.27. The van der Waals surface area contributed by atoms with E-state index >= 15 is 0 Å². The lowest BCUT2D eigenvalue weighted by Gasteiger charge is -2.33. The van der Waals surface area contributed by atoms with Crippen LogP contribution in [-0.4, -0.2) is 41.5 Å². The molecule has 1 saturated heterocycles. The van der Waals surface area contributed by atoms with E-state index in [0.717, 1.165) is 24.8 Å². The number of hydrogen-bond acceptors (Lipinski definition) is 8. The smallest absolute Gasteiger partial charge is 0.457 e. The van der Waals surface area contributed by atoms with Crippen LogP contribution in [-0.2, 0) is 19.0 Å². The number of carbonyl (C=O) groups is 2. The molecule has 0 aromatic heterocycles. The van der Waals surface area contributed by atoms with Crippen molar-refractivity contribution in [1.82, 2.24) is 0 Å². The van der Waals surface area contributed by atoms with Gasteiger partial charge < -0.3 is 18.9 Å². The largest absolute Gasteiger partial charge is 0.514 e. The minimum absolute atomic E-state index is 0.0608. The normalized spacial score (nSPS) is 28.7. The van der Waals surface area contributed by atoms with Crippen LogP contribution in [0.1, 0.15) is 101 Å². The summed E-state index contributed by atoms with van der Waals surface area (Å²) in [6, 6.07) is 5.26. The molecule has 266 valence electrons. The molecule has 48 heavy (non-hydrogen) atoms. The number of cyclic esters (lactones) is 1. The molecule has 8 atom stereocenters. The number of non-ortho nitro benzene ring substituents is 1. The number of ether oxygens (including phenoxy) is 4. The van der Waals surface area contributed by atoms with Crippen LogP contribution in [0.5, 0.6) is 5.75 Å². The van der Waals surface area contributed by atoms with Gasteiger partial charge in [-0.1, -0.05) is 93.0 Å². The number of epoxide rings is 1. The molecule has 2 heterocycles. The van der Waals surface area contributed by atoms with E-state index in [1.54, 1.807) is 0 Å². The predicted octanol–water partition coefficient (Wildman–Crippen LogP) is 9.80. The average molecular weight is 668 g/mol. The Hall–Kier alpha value is -3.46. The molecule has 0 bridgehead atoms. The van der Waals surface area contributed by atoms with Crippen LogP contribution in [0.15, 0.2) is 60.2 Å². The van der Waals surface area contributed by atoms with E-state index in [4.69, 9.17) is 18.9 Å². The lowest BCUT2D eigenvalue weighted by atomic mass is 9.78. The van der Waals surface area contributed by atoms with Gasteiger partial charge in [-0.2, -0.15) is 0 Å². The Morgan fingerprint density at radius 3 is 2.46 bits per heavy atom. The quantitative estimate of drug-likeness (QED) is 0.0435. The first-order valence-electron chi connectivity index (χ1n) is 17.4. The highest BCUT2D eigenvalue weighted by molar-refractivity contribution is 5.70. The van der Waals surface area contributed by atoms with Crippen molar-refractivity contribution in [3.63, 3.8) is 0 Å². The molecule has 1 aromatic rings. The van der Waals surface area contributed by atoms with E-state index in [2.05, 4.69) is 46.8 Å². The molecular formula is C39H57NO8. The van der Waals surface area contributed by atoms with Gasteiger partial charge in [-0.15, -0.1) is 0 Å². The number of rotatable bonds is 11. The van der Waals surface area contributed by atoms with Crippen LogP contribution in [0, 0.1) is 44.6 Å². The van der Waals surface area contributed by atoms with Gasteiger partial charge in [0.15, 0.2) is 0 Å². The summed E-state index contributed by atoms with van der Waals surface area (Å²) in [5.74, 6) is 0.973. The fraction of sp³-hybridized carbons (Fsp3) is 0.641. The van der Waals surface area contributed by atoms with Crippen molar-refractivity contribution in [3.8, 4) is 5.75 Å². The van der Waals surface area contributed by atoms with Crippen molar-refractivity contribution in [2.45, 2.75) is 126 Å². The van der Waals surface area contributed by atoms with Crippen molar-refractivity contribution in [2.75, 3.05) is 0 Å². The second-order valence-corrected chi connectivity index (χ2v) is 15.5. The van der Waals surface area contributed by atoms with Gasteiger partial charge in [0.05, 0.1) is 17.1 Å². The summed E-state index contributed by atoms with van der Waals surface area (Å²) >= 11 is 0. The number of benzene rings is 1. The summed E-state index contributed by atoms with van der Waals surface area (Å²) in [7, 11) is 0. The monoisotopic (exact) mass is 667 g/mol. The molecule has 3 rings (SSSR count). The summed E-state index contributed by atoms with van der Waals surface area (Å²) in [6.45, 7) is 21.3. The lowest BCUT2D eigenvalue weighted by Crippen LogP contribution is -2.35. The Morgan fingerprint density at radius 2 is 1.83 bits per heavy atom. The average Bonchev–Trinajstić information content (AvgIpc) is 3.77. The highest BCUT2D eigenvalue weighted by Gasteiger charge is 2.46. The van der Waals surface area contributed by atoms with Crippen molar-refractivity contribution in [2.24, 2.45) is 34.5 Å². The minimum atomic E-state index is -0.900. The second-order valence-electron chi connectivity index (χ2n) is 15.5. The van der Waals surface area contributed by atoms with Crippen LogP contribution in [0.3, 0.4) is 0 Å². The Morgan fingerprint density at radius 1 is 1.17 bits per heavy atom. The molecule has 0 radical (unpaired) electrons.